The predicted molar refractivity (Wildman–Crippen MR) is 108 cm³/mol. The van der Waals surface area contributed by atoms with E-state index in [1.54, 1.807) is 30.7 Å². The zero-order valence-electron chi connectivity index (χ0n) is 15.8. The summed E-state index contributed by atoms with van der Waals surface area (Å²) in [6, 6.07) is 11.4. The molecule has 2 aromatic heterocycles. The molecule has 0 spiro atoms. The van der Waals surface area contributed by atoms with Crippen LogP contribution in [0, 0.1) is 5.82 Å². The summed E-state index contributed by atoms with van der Waals surface area (Å²) in [7, 11) is 0. The second-order valence-corrected chi connectivity index (χ2v) is 6.85. The van der Waals surface area contributed by atoms with Crippen molar-refractivity contribution in [3.63, 3.8) is 0 Å². The molecule has 29 heavy (non-hydrogen) atoms. The van der Waals surface area contributed by atoms with Crippen LogP contribution in [0.25, 0.3) is 0 Å². The van der Waals surface area contributed by atoms with Crippen molar-refractivity contribution in [2.24, 2.45) is 0 Å². The van der Waals surface area contributed by atoms with Crippen molar-refractivity contribution in [2.45, 2.75) is 18.9 Å². The van der Waals surface area contributed by atoms with E-state index in [-0.39, 0.29) is 24.3 Å². The Morgan fingerprint density at radius 1 is 1.14 bits per heavy atom. The van der Waals surface area contributed by atoms with Gasteiger partial charge in [-0.25, -0.2) is 14.4 Å². The van der Waals surface area contributed by atoms with Crippen LogP contribution in [-0.2, 0) is 4.79 Å². The van der Waals surface area contributed by atoms with E-state index < -0.39 is 0 Å². The average Bonchev–Trinajstić information content (AvgIpc) is 3.19. The lowest BCUT2D eigenvalue weighted by atomic mass is 10.1. The molecule has 2 N–H and O–H groups in total. The maximum Gasteiger partial charge on any atom is 0.238 e. The Bertz CT molecular complexity index is 966. The number of likely N-dealkylation sites (tertiary alicyclic amines) is 1. The summed E-state index contributed by atoms with van der Waals surface area (Å²) >= 11 is 0. The van der Waals surface area contributed by atoms with E-state index in [0.717, 1.165) is 25.1 Å². The Hall–Kier alpha value is -3.39. The summed E-state index contributed by atoms with van der Waals surface area (Å²) in [6.45, 7) is 1.04. The van der Waals surface area contributed by atoms with Gasteiger partial charge in [0.05, 0.1) is 30.7 Å². The molecule has 1 unspecified atom stereocenters. The summed E-state index contributed by atoms with van der Waals surface area (Å²) in [4.78, 5) is 27.7. The lowest BCUT2D eigenvalue weighted by Crippen LogP contribution is -2.33. The molecule has 4 rings (SSSR count). The van der Waals surface area contributed by atoms with Crippen LogP contribution in [0.15, 0.2) is 61.1 Å². The highest BCUT2D eigenvalue weighted by atomic mass is 19.1. The summed E-state index contributed by atoms with van der Waals surface area (Å²) in [5.41, 5.74) is 1.39. The van der Waals surface area contributed by atoms with Gasteiger partial charge in [0, 0.05) is 11.9 Å². The monoisotopic (exact) mass is 392 g/mol. The topological polar surface area (TPSA) is 83.0 Å². The number of pyridine rings is 1. The number of hydrogen-bond donors (Lipinski definition) is 2. The van der Waals surface area contributed by atoms with Gasteiger partial charge in [0.25, 0.3) is 0 Å². The van der Waals surface area contributed by atoms with Gasteiger partial charge >= 0.3 is 0 Å². The van der Waals surface area contributed by atoms with E-state index in [9.17, 15) is 9.18 Å². The number of aromatic nitrogens is 3. The quantitative estimate of drug-likeness (QED) is 0.668. The number of hydrogen-bond acceptors (Lipinski definition) is 6. The first kappa shape index (κ1) is 18.9. The van der Waals surface area contributed by atoms with Crippen LogP contribution in [0.3, 0.4) is 0 Å². The van der Waals surface area contributed by atoms with Crippen molar-refractivity contribution >= 4 is 23.2 Å². The second kappa shape index (κ2) is 8.74. The number of benzene rings is 1. The van der Waals surface area contributed by atoms with Crippen LogP contribution in [0.2, 0.25) is 0 Å². The van der Waals surface area contributed by atoms with Crippen LogP contribution in [0.4, 0.5) is 21.7 Å². The second-order valence-electron chi connectivity index (χ2n) is 6.85. The van der Waals surface area contributed by atoms with Crippen LogP contribution < -0.4 is 10.6 Å². The lowest BCUT2D eigenvalue weighted by molar-refractivity contribution is -0.117. The fraction of sp³-hybridized carbons (Fsp3) is 0.238. The van der Waals surface area contributed by atoms with E-state index in [0.29, 0.717) is 17.3 Å². The molecular weight excluding hydrogens is 371 g/mol. The Kier molecular flexibility index (Phi) is 5.71. The standard InChI is InChI=1S/C21H21FN6O/c22-15-6-8-16(9-7-15)25-21(29)14-28-11-3-4-18(28)17-12-23-13-20(26-17)27-19-5-1-2-10-24-19/h1-2,5-10,12-13,18H,3-4,11,14H2,(H,25,29)(H,24,26,27). The van der Waals surface area contributed by atoms with Gasteiger partial charge in [-0.05, 0) is 55.8 Å². The molecule has 0 aliphatic carbocycles. The van der Waals surface area contributed by atoms with Crippen molar-refractivity contribution in [3.8, 4) is 0 Å². The maximum atomic E-state index is 13.0. The van der Waals surface area contributed by atoms with Gasteiger partial charge in [-0.2, -0.15) is 0 Å². The fourth-order valence-corrected chi connectivity index (χ4v) is 3.44. The number of nitrogens with one attached hydrogen (secondary N) is 2. The molecule has 1 aliphatic rings. The molecule has 7 nitrogen and oxygen atoms in total. The first-order valence-electron chi connectivity index (χ1n) is 9.47. The molecule has 148 valence electrons. The normalized spacial score (nSPS) is 16.5. The molecule has 1 amide bonds. The summed E-state index contributed by atoms with van der Waals surface area (Å²) in [6.07, 6.45) is 6.99. The first-order chi connectivity index (χ1) is 14.2. The predicted octanol–water partition coefficient (Wildman–Crippen LogP) is 3.53. The van der Waals surface area contributed by atoms with Crippen LogP contribution in [0.5, 0.6) is 0 Å². The number of amides is 1. The highest BCUT2D eigenvalue weighted by molar-refractivity contribution is 5.92. The maximum absolute atomic E-state index is 13.0. The molecule has 3 aromatic rings. The lowest BCUT2D eigenvalue weighted by Gasteiger charge is -2.23. The zero-order chi connectivity index (χ0) is 20.1. The zero-order valence-corrected chi connectivity index (χ0v) is 15.8. The minimum absolute atomic E-state index is 0.0203. The van der Waals surface area contributed by atoms with E-state index >= 15 is 0 Å². The minimum atomic E-state index is -0.333. The highest BCUT2D eigenvalue weighted by Crippen LogP contribution is 2.30. The van der Waals surface area contributed by atoms with Crippen molar-refractivity contribution in [1.29, 1.82) is 0 Å². The van der Waals surface area contributed by atoms with Crippen LogP contribution in [0.1, 0.15) is 24.6 Å². The number of carbonyl (C=O) groups is 1. The number of anilines is 3. The fourth-order valence-electron chi connectivity index (χ4n) is 3.44. The third kappa shape index (κ3) is 4.91. The van der Waals surface area contributed by atoms with Crippen LogP contribution >= 0.6 is 0 Å². The van der Waals surface area contributed by atoms with Gasteiger partial charge < -0.3 is 10.6 Å². The molecule has 1 fully saturated rings. The first-order valence-corrected chi connectivity index (χ1v) is 9.47. The molecule has 0 radical (unpaired) electrons. The van der Waals surface area contributed by atoms with Gasteiger partial charge in [0.15, 0.2) is 0 Å². The molecule has 8 heteroatoms. The van der Waals surface area contributed by atoms with E-state index in [1.165, 1.54) is 12.1 Å². The Morgan fingerprint density at radius 2 is 2.00 bits per heavy atom. The number of nitrogens with zero attached hydrogens (tertiary/aromatic N) is 4. The van der Waals surface area contributed by atoms with Crippen molar-refractivity contribution in [2.75, 3.05) is 23.7 Å². The molecule has 1 aliphatic heterocycles. The minimum Gasteiger partial charge on any atom is -0.325 e. The smallest absolute Gasteiger partial charge is 0.238 e. The van der Waals surface area contributed by atoms with Crippen molar-refractivity contribution < 1.29 is 9.18 Å². The third-order valence-corrected chi connectivity index (χ3v) is 4.75. The van der Waals surface area contributed by atoms with E-state index in [1.807, 2.05) is 18.2 Å². The summed E-state index contributed by atoms with van der Waals surface area (Å²) in [5.74, 6) is 0.837. The Morgan fingerprint density at radius 3 is 2.79 bits per heavy atom. The molecule has 0 bridgehead atoms. The van der Waals surface area contributed by atoms with Gasteiger partial charge in [-0.1, -0.05) is 6.07 Å². The van der Waals surface area contributed by atoms with Gasteiger partial charge in [0.2, 0.25) is 5.91 Å². The molecule has 1 aromatic carbocycles. The molecule has 3 heterocycles. The number of carbonyl (C=O) groups excluding carboxylic acids is 1. The molecular formula is C21H21FN6O. The van der Waals surface area contributed by atoms with Crippen molar-refractivity contribution in [1.82, 2.24) is 19.9 Å². The Balaban J connectivity index is 1.42. The summed E-state index contributed by atoms with van der Waals surface area (Å²) < 4.78 is 13.0. The molecule has 1 atom stereocenters. The van der Waals surface area contributed by atoms with Crippen LogP contribution in [-0.4, -0.2) is 38.8 Å². The highest BCUT2D eigenvalue weighted by Gasteiger charge is 2.29. The van der Waals surface area contributed by atoms with Gasteiger partial charge in [0.1, 0.15) is 17.5 Å². The Labute approximate surface area is 168 Å². The van der Waals surface area contributed by atoms with Gasteiger partial charge in [-0.3, -0.25) is 14.7 Å². The van der Waals surface area contributed by atoms with E-state index in [4.69, 9.17) is 0 Å². The largest absolute Gasteiger partial charge is 0.325 e. The summed E-state index contributed by atoms with van der Waals surface area (Å²) in [5, 5.41) is 5.96. The van der Waals surface area contributed by atoms with E-state index in [2.05, 4.69) is 30.5 Å². The number of halogens is 1. The molecule has 0 saturated carbocycles. The SMILES string of the molecule is O=C(CN1CCCC1c1cncc(Nc2ccccn2)n1)Nc1ccc(F)cc1. The average molecular weight is 392 g/mol. The van der Waals surface area contributed by atoms with Crippen molar-refractivity contribution in [3.05, 3.63) is 72.6 Å². The van der Waals surface area contributed by atoms with Gasteiger partial charge in [-0.15, -0.1) is 0 Å². The third-order valence-electron chi connectivity index (χ3n) is 4.75. The molecule has 1 saturated heterocycles. The number of rotatable bonds is 6.